The van der Waals surface area contributed by atoms with Gasteiger partial charge in [-0.25, -0.2) is 28.8 Å². The Balaban J connectivity index is 1.39. The van der Waals surface area contributed by atoms with Crippen LogP contribution in [-0.2, 0) is 71.5 Å². The van der Waals surface area contributed by atoms with Crippen LogP contribution in [0.5, 0.6) is 0 Å². The Morgan fingerprint density at radius 1 is 0.507 bits per heavy atom. The number of rotatable bonds is 12. The Morgan fingerprint density at radius 3 is 1.48 bits per heavy atom. The molecule has 5 aliphatic rings. The van der Waals surface area contributed by atoms with Gasteiger partial charge >= 0.3 is 78.8 Å². The number of fused-ring (bicyclic) bond motifs is 5. The van der Waals surface area contributed by atoms with Gasteiger partial charge in [-0.05, 0) is 98.2 Å². The van der Waals surface area contributed by atoms with E-state index in [1.807, 2.05) is 6.92 Å². The van der Waals surface area contributed by atoms with E-state index in [1.165, 1.54) is 0 Å². The van der Waals surface area contributed by atoms with Crippen LogP contribution >= 0.6 is 0 Å². The molecule has 1 heterocycles. The zero-order chi connectivity index (χ0) is 57.0. The Bertz CT molecular complexity index is 2160. The minimum absolute atomic E-state index is 0.0470. The summed E-state index contributed by atoms with van der Waals surface area (Å²) < 4.78 is 276. The fourth-order valence-electron chi connectivity index (χ4n) is 11.9. The van der Waals surface area contributed by atoms with Crippen molar-refractivity contribution in [3.8, 4) is 0 Å². The Hall–Kier alpha value is -5.01. The maximum atomic E-state index is 13.6. The lowest BCUT2D eigenvalue weighted by molar-refractivity contribution is -0.315. The summed E-state index contributed by atoms with van der Waals surface area (Å²) in [5.41, 5.74) is -1.71. The van der Waals surface area contributed by atoms with E-state index in [1.54, 1.807) is 13.8 Å². The van der Waals surface area contributed by atoms with Crippen LogP contribution in [0.15, 0.2) is 0 Å². The molecular weight excluding hydrogens is 1090 g/mol. The summed E-state index contributed by atoms with van der Waals surface area (Å²) in [7, 11) is 0. The first-order chi connectivity index (χ1) is 34.0. The van der Waals surface area contributed by atoms with E-state index in [4.69, 9.17) is 14.2 Å². The fraction of sp³-hybridized carbons (Fsp3) is 0.833. The van der Waals surface area contributed by atoms with Gasteiger partial charge in [0, 0.05) is 12.3 Å². The monoisotopic (exact) mass is 1130 g/mol. The Labute approximate surface area is 410 Å². The summed E-state index contributed by atoms with van der Waals surface area (Å²) in [5.74, 6) is -23.6. The SMILES string of the molecule is C[C@H](CCC(=O)O[C@@H]1O[C@H](COC(=O)C(F)(F)F)[C@@H](OC(=O)C(F)(F)F)[C@H](OC(=O)C(F)(F)F)[C@H]1OC(=O)C(F)(F)F)[C@H]1CCC2C3C[C@H](OC(=O)C(F)(F)F)C4C[C@H](OC(=O)C(F)(F)F)CC[C@]4(C)C3CC[C@@]21C. The molecule has 4 saturated carbocycles. The van der Waals surface area contributed by atoms with Gasteiger partial charge in [-0.1, -0.05) is 20.8 Å². The van der Waals surface area contributed by atoms with Crippen LogP contribution < -0.4 is 0 Å². The highest BCUT2D eigenvalue weighted by Gasteiger charge is 2.65. The van der Waals surface area contributed by atoms with Crippen LogP contribution in [0.25, 0.3) is 0 Å². The summed E-state index contributed by atoms with van der Waals surface area (Å²) in [6.07, 6.45) is -55.6. The summed E-state index contributed by atoms with van der Waals surface area (Å²) in [6.45, 7) is 2.96. The van der Waals surface area contributed by atoms with Gasteiger partial charge in [0.1, 0.15) is 24.9 Å². The second-order valence-corrected chi connectivity index (χ2v) is 19.4. The van der Waals surface area contributed by atoms with Gasteiger partial charge in [-0.2, -0.15) is 79.0 Å². The van der Waals surface area contributed by atoms with Crippen LogP contribution in [0.1, 0.15) is 85.0 Å². The van der Waals surface area contributed by atoms with Crippen molar-refractivity contribution in [2.75, 3.05) is 6.61 Å². The van der Waals surface area contributed by atoms with E-state index in [0.29, 0.717) is 25.7 Å². The second-order valence-electron chi connectivity index (χ2n) is 19.4. The minimum atomic E-state index is -6.23. The highest BCUT2D eigenvalue weighted by molar-refractivity contribution is 5.79. The number of carbonyl (C=O) groups is 7. The molecule has 0 N–H and O–H groups in total. The number of halogens is 18. The predicted octanol–water partition coefficient (Wildman–Crippen LogP) is 8.42. The lowest BCUT2D eigenvalue weighted by atomic mass is 9.43. The normalized spacial score (nSPS) is 33.8. The highest BCUT2D eigenvalue weighted by atomic mass is 19.4. The van der Waals surface area contributed by atoms with Gasteiger partial charge in [0.05, 0.1) is 0 Å². The molecule has 0 aromatic heterocycles. The van der Waals surface area contributed by atoms with Crippen molar-refractivity contribution in [1.29, 1.82) is 0 Å². The molecule has 4 unspecified atom stereocenters. The van der Waals surface area contributed by atoms with Gasteiger partial charge in [-0.15, -0.1) is 0 Å². The molecule has 75 heavy (non-hydrogen) atoms. The smallest absolute Gasteiger partial charge is 0.456 e. The standard InChI is InChI=1S/C42H44F18O15/c1-15(18-5-6-19-17-13-22(71-31(64)39(49,50)51)21-12-16(69-30(63)38(46,47)48)8-10-36(21,3)20(17)9-11-35(18,19)2)4-7-24(61)72-28-27(75-34(67)42(58,59)60)26(74-33(66)41(55,56)57)25(73-32(65)40(52,53)54)23(70-28)14-68-29(62)37(43,44)45/h15-23,25-28H,4-14H2,1-3H3/t15-,16-,17?,18-,19?,20?,21?,22+,23-,25-,26+,27-,28+,35-,36-/m1/s1. The molecule has 1 saturated heterocycles. The summed E-state index contributed by atoms with van der Waals surface area (Å²) in [4.78, 5) is 84.9. The van der Waals surface area contributed by atoms with Gasteiger partial charge in [0.25, 0.3) is 0 Å². The number of ether oxygens (including phenoxy) is 8. The van der Waals surface area contributed by atoms with Crippen LogP contribution in [0.3, 0.4) is 0 Å². The second kappa shape index (κ2) is 21.4. The van der Waals surface area contributed by atoms with Gasteiger partial charge in [0.2, 0.25) is 12.4 Å². The third kappa shape index (κ3) is 13.8. The average molecular weight is 1130 g/mol. The zero-order valence-corrected chi connectivity index (χ0v) is 38.7. The van der Waals surface area contributed by atoms with E-state index in [0.717, 1.165) is 0 Å². The molecule has 1 aliphatic heterocycles. The molecule has 0 aromatic rings. The van der Waals surface area contributed by atoms with Gasteiger partial charge < -0.3 is 37.9 Å². The fourth-order valence-corrected chi connectivity index (χ4v) is 11.9. The van der Waals surface area contributed by atoms with Crippen molar-refractivity contribution >= 4 is 41.8 Å². The average Bonchev–Trinajstić information content (AvgIpc) is 3.62. The minimum Gasteiger partial charge on any atom is -0.456 e. The molecular formula is C42H44F18O15. The number of esters is 7. The lowest BCUT2D eigenvalue weighted by Gasteiger charge is -2.62. The van der Waals surface area contributed by atoms with Crippen molar-refractivity contribution in [3.05, 3.63) is 0 Å². The summed E-state index contributed by atoms with van der Waals surface area (Å²) in [5, 5.41) is 0. The summed E-state index contributed by atoms with van der Waals surface area (Å²) >= 11 is 0. The number of carbonyl (C=O) groups excluding carboxylic acids is 7. The number of hydrogen-bond donors (Lipinski definition) is 0. The Morgan fingerprint density at radius 2 is 0.960 bits per heavy atom. The maximum absolute atomic E-state index is 13.6. The molecule has 33 heteroatoms. The van der Waals surface area contributed by atoms with Crippen LogP contribution in [0.4, 0.5) is 79.0 Å². The number of hydrogen-bond acceptors (Lipinski definition) is 15. The van der Waals surface area contributed by atoms with Crippen LogP contribution in [0.2, 0.25) is 0 Å². The molecule has 4 aliphatic carbocycles. The third-order valence-electron chi connectivity index (χ3n) is 15.0. The Kier molecular flexibility index (Phi) is 17.4. The molecule has 0 amide bonds. The van der Waals surface area contributed by atoms with E-state index >= 15 is 0 Å². The van der Waals surface area contributed by atoms with Crippen LogP contribution in [0, 0.1) is 46.3 Å². The van der Waals surface area contributed by atoms with E-state index < -0.39 is 169 Å². The molecule has 15 nitrogen and oxygen atoms in total. The molecule has 0 bridgehead atoms. The molecule has 0 radical (unpaired) electrons. The molecule has 15 atom stereocenters. The maximum Gasteiger partial charge on any atom is 0.490 e. The molecule has 0 aromatic carbocycles. The first-order valence-corrected chi connectivity index (χ1v) is 22.5. The number of alkyl halides is 18. The van der Waals surface area contributed by atoms with Crippen molar-refractivity contribution in [1.82, 2.24) is 0 Å². The molecule has 0 spiro atoms. The van der Waals surface area contributed by atoms with Crippen molar-refractivity contribution in [3.63, 3.8) is 0 Å². The van der Waals surface area contributed by atoms with Crippen molar-refractivity contribution in [2.24, 2.45) is 46.3 Å². The predicted molar refractivity (Wildman–Crippen MR) is 200 cm³/mol. The van der Waals surface area contributed by atoms with E-state index in [9.17, 15) is 113 Å². The topological polar surface area (TPSA) is 193 Å². The third-order valence-corrected chi connectivity index (χ3v) is 15.0. The van der Waals surface area contributed by atoms with Gasteiger partial charge in [0.15, 0.2) is 12.2 Å². The molecule has 428 valence electrons. The summed E-state index contributed by atoms with van der Waals surface area (Å²) in [6, 6.07) is 0. The first kappa shape index (κ1) is 60.9. The van der Waals surface area contributed by atoms with Crippen molar-refractivity contribution in [2.45, 2.75) is 165 Å². The quantitative estimate of drug-likeness (QED) is 0.103. The zero-order valence-electron chi connectivity index (χ0n) is 38.7. The molecule has 5 rings (SSSR count). The van der Waals surface area contributed by atoms with Gasteiger partial charge in [-0.3, -0.25) is 4.79 Å². The highest BCUT2D eigenvalue weighted by Crippen LogP contribution is 2.69. The van der Waals surface area contributed by atoms with Crippen molar-refractivity contribution < 1.29 is 150 Å². The molecule has 5 fully saturated rings. The largest absolute Gasteiger partial charge is 0.490 e. The lowest BCUT2D eigenvalue weighted by Crippen LogP contribution is -2.64. The first-order valence-electron chi connectivity index (χ1n) is 22.5. The van der Waals surface area contributed by atoms with E-state index in [2.05, 4.69) is 23.7 Å². The van der Waals surface area contributed by atoms with Crippen LogP contribution in [-0.4, -0.2) is 128 Å². The van der Waals surface area contributed by atoms with E-state index in [-0.39, 0.29) is 43.9 Å².